The molecule has 0 saturated carbocycles. The van der Waals surface area contributed by atoms with Gasteiger partial charge in [0, 0.05) is 13.1 Å². The molecule has 0 bridgehead atoms. The molecule has 1 aliphatic heterocycles. The van der Waals surface area contributed by atoms with E-state index >= 15 is 0 Å². The first-order valence-electron chi connectivity index (χ1n) is 7.92. The number of nitrogens with zero attached hydrogens (tertiary/aromatic N) is 5. The van der Waals surface area contributed by atoms with E-state index in [2.05, 4.69) is 26.9 Å². The SMILES string of the molecule is CC1CCCN(c2ncnc3c2cnn3-c2ccccc2F)C1. The monoisotopic (exact) mass is 311 g/mol. The van der Waals surface area contributed by atoms with E-state index in [9.17, 15) is 4.39 Å². The van der Waals surface area contributed by atoms with Crippen LogP contribution in [0.3, 0.4) is 0 Å². The van der Waals surface area contributed by atoms with Crippen molar-refractivity contribution in [2.45, 2.75) is 19.8 Å². The van der Waals surface area contributed by atoms with Crippen LogP contribution in [-0.4, -0.2) is 32.8 Å². The maximum Gasteiger partial charge on any atom is 0.168 e. The standard InChI is InChI=1S/C17H18FN5/c1-12-5-4-8-22(10-12)16-13-9-21-23(17(13)20-11-19-16)15-7-3-2-6-14(15)18/h2-3,6-7,9,11-12H,4-5,8,10H2,1H3. The summed E-state index contributed by atoms with van der Waals surface area (Å²) < 4.78 is 15.6. The van der Waals surface area contributed by atoms with Gasteiger partial charge in [-0.15, -0.1) is 0 Å². The highest BCUT2D eigenvalue weighted by Crippen LogP contribution is 2.28. The second-order valence-corrected chi connectivity index (χ2v) is 6.14. The summed E-state index contributed by atoms with van der Waals surface area (Å²) in [6, 6.07) is 6.59. The van der Waals surface area contributed by atoms with Gasteiger partial charge in [0.25, 0.3) is 0 Å². The summed E-state index contributed by atoms with van der Waals surface area (Å²) in [7, 11) is 0. The first-order chi connectivity index (χ1) is 11.2. The van der Waals surface area contributed by atoms with Crippen molar-refractivity contribution in [3.8, 4) is 5.69 Å². The van der Waals surface area contributed by atoms with Crippen LogP contribution < -0.4 is 4.90 Å². The van der Waals surface area contributed by atoms with E-state index in [-0.39, 0.29) is 5.82 Å². The summed E-state index contributed by atoms with van der Waals surface area (Å²) in [5, 5.41) is 5.21. The van der Waals surface area contributed by atoms with E-state index in [1.165, 1.54) is 18.8 Å². The predicted octanol–water partition coefficient (Wildman–Crippen LogP) is 3.19. The third kappa shape index (κ3) is 2.44. The maximum absolute atomic E-state index is 14.1. The zero-order valence-corrected chi connectivity index (χ0v) is 13.0. The van der Waals surface area contributed by atoms with Crippen LogP contribution in [0.15, 0.2) is 36.8 Å². The number of benzene rings is 1. The van der Waals surface area contributed by atoms with Crippen LogP contribution in [0.1, 0.15) is 19.8 Å². The van der Waals surface area contributed by atoms with Gasteiger partial charge in [-0.3, -0.25) is 0 Å². The van der Waals surface area contributed by atoms with E-state index in [1.54, 1.807) is 29.1 Å². The summed E-state index contributed by atoms with van der Waals surface area (Å²) in [5.74, 6) is 1.23. The molecule has 1 fully saturated rings. The van der Waals surface area contributed by atoms with Crippen LogP contribution in [-0.2, 0) is 0 Å². The molecule has 4 rings (SSSR count). The predicted molar refractivity (Wildman–Crippen MR) is 87.2 cm³/mol. The minimum absolute atomic E-state index is 0.316. The molecule has 3 heterocycles. The third-order valence-electron chi connectivity index (χ3n) is 4.38. The number of hydrogen-bond acceptors (Lipinski definition) is 4. The molecule has 0 N–H and O–H groups in total. The highest BCUT2D eigenvalue weighted by molar-refractivity contribution is 5.87. The lowest BCUT2D eigenvalue weighted by molar-refractivity contribution is 0.445. The minimum Gasteiger partial charge on any atom is -0.356 e. The number of anilines is 1. The smallest absolute Gasteiger partial charge is 0.168 e. The fourth-order valence-corrected chi connectivity index (χ4v) is 3.27. The Hall–Kier alpha value is -2.50. The van der Waals surface area contributed by atoms with Gasteiger partial charge in [-0.05, 0) is 30.9 Å². The van der Waals surface area contributed by atoms with Crippen molar-refractivity contribution >= 4 is 16.9 Å². The zero-order chi connectivity index (χ0) is 15.8. The lowest BCUT2D eigenvalue weighted by atomic mass is 10.0. The Morgan fingerprint density at radius 2 is 2.09 bits per heavy atom. The van der Waals surface area contributed by atoms with Gasteiger partial charge in [0.15, 0.2) is 5.65 Å². The van der Waals surface area contributed by atoms with Gasteiger partial charge in [-0.2, -0.15) is 5.10 Å². The van der Waals surface area contributed by atoms with Gasteiger partial charge in [0.1, 0.15) is 23.6 Å². The Labute approximate surface area is 133 Å². The summed E-state index contributed by atoms with van der Waals surface area (Å²) in [6.45, 7) is 4.23. The number of aromatic nitrogens is 4. The number of rotatable bonds is 2. The summed E-state index contributed by atoms with van der Waals surface area (Å²) in [4.78, 5) is 11.1. The lowest BCUT2D eigenvalue weighted by Crippen LogP contribution is -2.34. The molecule has 23 heavy (non-hydrogen) atoms. The number of piperidine rings is 1. The molecule has 0 radical (unpaired) electrons. The highest BCUT2D eigenvalue weighted by Gasteiger charge is 2.21. The number of hydrogen-bond donors (Lipinski definition) is 0. The van der Waals surface area contributed by atoms with E-state index in [0.717, 1.165) is 30.7 Å². The molecule has 6 heteroatoms. The van der Waals surface area contributed by atoms with Crippen molar-refractivity contribution in [2.24, 2.45) is 5.92 Å². The van der Waals surface area contributed by atoms with Crippen molar-refractivity contribution in [3.63, 3.8) is 0 Å². The van der Waals surface area contributed by atoms with Gasteiger partial charge in [-0.1, -0.05) is 19.1 Å². The second kappa shape index (κ2) is 5.61. The van der Waals surface area contributed by atoms with Crippen molar-refractivity contribution in [1.29, 1.82) is 0 Å². The van der Waals surface area contributed by atoms with Crippen molar-refractivity contribution in [1.82, 2.24) is 19.7 Å². The second-order valence-electron chi connectivity index (χ2n) is 6.14. The molecule has 1 saturated heterocycles. The molecule has 0 amide bonds. The average Bonchev–Trinajstić information content (AvgIpc) is 2.99. The molecular weight excluding hydrogens is 293 g/mol. The molecule has 1 aromatic carbocycles. The number of para-hydroxylation sites is 1. The van der Waals surface area contributed by atoms with Gasteiger partial charge in [-0.25, -0.2) is 19.0 Å². The number of fused-ring (bicyclic) bond motifs is 1. The fourth-order valence-electron chi connectivity index (χ4n) is 3.27. The first-order valence-corrected chi connectivity index (χ1v) is 7.92. The highest BCUT2D eigenvalue weighted by atomic mass is 19.1. The summed E-state index contributed by atoms with van der Waals surface area (Å²) in [6.07, 6.45) is 5.68. The van der Waals surface area contributed by atoms with E-state index in [4.69, 9.17) is 0 Å². The fraction of sp³-hybridized carbons (Fsp3) is 0.353. The Bertz CT molecular complexity index is 844. The van der Waals surface area contributed by atoms with E-state index in [0.29, 0.717) is 17.3 Å². The molecule has 0 aliphatic carbocycles. The van der Waals surface area contributed by atoms with Crippen LogP contribution >= 0.6 is 0 Å². The van der Waals surface area contributed by atoms with Crippen LogP contribution in [0.5, 0.6) is 0 Å². The molecule has 3 aromatic rings. The van der Waals surface area contributed by atoms with Crippen LogP contribution in [0, 0.1) is 11.7 Å². The Morgan fingerprint density at radius 1 is 1.22 bits per heavy atom. The van der Waals surface area contributed by atoms with E-state index < -0.39 is 0 Å². The van der Waals surface area contributed by atoms with Crippen molar-refractivity contribution < 1.29 is 4.39 Å². The van der Waals surface area contributed by atoms with Crippen LogP contribution in [0.4, 0.5) is 10.2 Å². The molecule has 1 unspecified atom stereocenters. The molecule has 0 spiro atoms. The summed E-state index contributed by atoms with van der Waals surface area (Å²) >= 11 is 0. The van der Waals surface area contributed by atoms with Gasteiger partial charge >= 0.3 is 0 Å². The van der Waals surface area contributed by atoms with Gasteiger partial charge in [0.05, 0.1) is 11.6 Å². The Kier molecular flexibility index (Phi) is 3.44. The Balaban J connectivity index is 1.82. The number of halogens is 1. The zero-order valence-electron chi connectivity index (χ0n) is 13.0. The van der Waals surface area contributed by atoms with Crippen LogP contribution in [0.2, 0.25) is 0 Å². The maximum atomic E-state index is 14.1. The minimum atomic E-state index is -0.316. The summed E-state index contributed by atoms with van der Waals surface area (Å²) in [5.41, 5.74) is 1.04. The lowest BCUT2D eigenvalue weighted by Gasteiger charge is -2.31. The van der Waals surface area contributed by atoms with Crippen molar-refractivity contribution in [2.75, 3.05) is 18.0 Å². The molecule has 5 nitrogen and oxygen atoms in total. The quantitative estimate of drug-likeness (QED) is 0.729. The van der Waals surface area contributed by atoms with Crippen molar-refractivity contribution in [3.05, 3.63) is 42.6 Å². The van der Waals surface area contributed by atoms with Gasteiger partial charge in [0.2, 0.25) is 0 Å². The molecule has 1 atom stereocenters. The molecule has 1 aliphatic rings. The Morgan fingerprint density at radius 3 is 2.91 bits per heavy atom. The topological polar surface area (TPSA) is 46.8 Å². The molecule has 2 aromatic heterocycles. The van der Waals surface area contributed by atoms with E-state index in [1.807, 2.05) is 0 Å². The third-order valence-corrected chi connectivity index (χ3v) is 4.38. The van der Waals surface area contributed by atoms with Crippen LogP contribution in [0.25, 0.3) is 16.7 Å². The molecule has 118 valence electrons. The molecular formula is C17H18FN5. The first kappa shape index (κ1) is 14.1. The average molecular weight is 311 g/mol. The van der Waals surface area contributed by atoms with Gasteiger partial charge < -0.3 is 4.90 Å². The largest absolute Gasteiger partial charge is 0.356 e. The normalized spacial score (nSPS) is 18.5.